The summed E-state index contributed by atoms with van der Waals surface area (Å²) in [6.07, 6.45) is 1.95. The monoisotopic (exact) mass is 406 g/mol. The smallest absolute Gasteiger partial charge is 0.342 e. The molecule has 0 atom stereocenters. The Kier molecular flexibility index (Phi) is 6.26. The Morgan fingerprint density at radius 1 is 1.30 bits per heavy atom. The number of carbonyl (C=O) groups is 1. The van der Waals surface area contributed by atoms with Crippen LogP contribution < -0.4 is 4.74 Å². The van der Waals surface area contributed by atoms with Gasteiger partial charge in [0, 0.05) is 16.5 Å². The quantitative estimate of drug-likeness (QED) is 0.475. The first-order valence-corrected chi connectivity index (χ1v) is 9.82. The van der Waals surface area contributed by atoms with Crippen molar-refractivity contribution in [3.05, 3.63) is 52.8 Å². The highest BCUT2D eigenvalue weighted by Crippen LogP contribution is 2.26. The van der Waals surface area contributed by atoms with E-state index in [-0.39, 0.29) is 13.2 Å². The number of aromatic nitrogens is 2. The first-order valence-electron chi connectivity index (χ1n) is 8.22. The number of carbonyl (C=O) groups excluding carboxylic acids is 1. The number of hydrogen-bond donors (Lipinski definition) is 1. The van der Waals surface area contributed by atoms with Gasteiger partial charge in [-0.2, -0.15) is 0 Å². The zero-order valence-electron chi connectivity index (χ0n) is 14.9. The minimum atomic E-state index is -0.500. The molecule has 1 aromatic heterocycles. The second kappa shape index (κ2) is 8.65. The molecule has 0 aliphatic rings. The van der Waals surface area contributed by atoms with Gasteiger partial charge >= 0.3 is 5.97 Å². The van der Waals surface area contributed by atoms with Crippen LogP contribution in [0.1, 0.15) is 16.2 Å². The van der Waals surface area contributed by atoms with Crippen molar-refractivity contribution in [3.63, 3.8) is 0 Å². The first kappa shape index (κ1) is 19.5. The maximum atomic E-state index is 12.5. The summed E-state index contributed by atoms with van der Waals surface area (Å²) in [5.41, 5.74) is 1.86. The minimum absolute atomic E-state index is 0.0292. The van der Waals surface area contributed by atoms with Crippen molar-refractivity contribution in [1.29, 1.82) is 0 Å². The van der Waals surface area contributed by atoms with Crippen molar-refractivity contribution < 1.29 is 19.4 Å². The maximum absolute atomic E-state index is 12.5. The van der Waals surface area contributed by atoms with Crippen LogP contribution in [0.25, 0.3) is 11.0 Å². The molecule has 0 spiro atoms. The summed E-state index contributed by atoms with van der Waals surface area (Å²) in [4.78, 5) is 18.0. The molecule has 142 valence electrons. The van der Waals surface area contributed by atoms with Gasteiger partial charge in [0.05, 0.1) is 24.8 Å². The van der Waals surface area contributed by atoms with Gasteiger partial charge in [-0.3, -0.25) is 0 Å². The number of thioether (sulfide) groups is 1. The molecule has 0 saturated heterocycles. The summed E-state index contributed by atoms with van der Waals surface area (Å²) >= 11 is 7.62. The van der Waals surface area contributed by atoms with Crippen molar-refractivity contribution in [2.75, 3.05) is 20.0 Å². The number of imidazole rings is 1. The fraction of sp³-hybridized carbons (Fsp3) is 0.263. The number of halogens is 1. The molecular formula is C19H19ClN2O4S. The van der Waals surface area contributed by atoms with E-state index in [9.17, 15) is 9.90 Å². The Hall–Kier alpha value is -2.22. The molecule has 8 heteroatoms. The van der Waals surface area contributed by atoms with E-state index in [4.69, 9.17) is 21.1 Å². The zero-order chi connectivity index (χ0) is 19.4. The molecule has 2 aromatic carbocycles. The van der Waals surface area contributed by atoms with E-state index in [2.05, 4.69) is 4.98 Å². The van der Waals surface area contributed by atoms with Gasteiger partial charge in [-0.05, 0) is 42.7 Å². The third-order valence-electron chi connectivity index (χ3n) is 4.07. The number of fused-ring (bicyclic) bond motifs is 1. The van der Waals surface area contributed by atoms with Gasteiger partial charge in [0.15, 0.2) is 0 Å². The summed E-state index contributed by atoms with van der Waals surface area (Å²) in [5, 5.41) is 9.93. The molecular weight excluding hydrogens is 388 g/mol. The molecule has 0 fully saturated rings. The molecule has 0 unspecified atom stereocenters. The van der Waals surface area contributed by atoms with Crippen LogP contribution in [0.5, 0.6) is 5.75 Å². The predicted octanol–water partition coefficient (Wildman–Crippen LogP) is 3.77. The standard InChI is InChI=1S/C19H19ClN2O4S/c1-25-17-10-13(27-2)4-5-14(17)19(24)26-11-18-21-15-6-3-12(20)9-16(15)22(18)7-8-23/h3-6,9-10,23H,7-8,11H2,1-2H3. The fourth-order valence-electron chi connectivity index (χ4n) is 2.78. The van der Waals surface area contributed by atoms with E-state index in [1.807, 2.05) is 12.3 Å². The van der Waals surface area contributed by atoms with E-state index >= 15 is 0 Å². The Labute approximate surface area is 166 Å². The van der Waals surface area contributed by atoms with Gasteiger partial charge in [-0.1, -0.05) is 11.6 Å². The average molecular weight is 407 g/mol. The summed E-state index contributed by atoms with van der Waals surface area (Å²) in [6, 6.07) is 10.6. The van der Waals surface area contributed by atoms with Crippen LogP contribution >= 0.6 is 23.4 Å². The lowest BCUT2D eigenvalue weighted by Gasteiger charge is -2.11. The first-order chi connectivity index (χ1) is 13.1. The highest BCUT2D eigenvalue weighted by atomic mass is 35.5. The van der Waals surface area contributed by atoms with Gasteiger partial charge in [-0.15, -0.1) is 11.8 Å². The lowest BCUT2D eigenvalue weighted by molar-refractivity contribution is 0.0454. The van der Waals surface area contributed by atoms with Crippen LogP contribution in [-0.2, 0) is 17.9 Å². The number of rotatable bonds is 7. The molecule has 1 heterocycles. The second-order valence-electron chi connectivity index (χ2n) is 5.68. The van der Waals surface area contributed by atoms with Crippen LogP contribution in [0.2, 0.25) is 5.02 Å². The summed E-state index contributed by atoms with van der Waals surface area (Å²) in [5.74, 6) is 0.497. The van der Waals surface area contributed by atoms with E-state index in [1.165, 1.54) is 7.11 Å². The predicted molar refractivity (Wildman–Crippen MR) is 106 cm³/mol. The van der Waals surface area contributed by atoms with Gasteiger partial charge in [0.2, 0.25) is 0 Å². The molecule has 0 aliphatic carbocycles. The van der Waals surface area contributed by atoms with Crippen molar-refractivity contribution in [2.45, 2.75) is 18.0 Å². The molecule has 3 rings (SSSR count). The number of aliphatic hydroxyl groups excluding tert-OH is 1. The summed E-state index contributed by atoms with van der Waals surface area (Å²) in [6.45, 7) is 0.233. The molecule has 27 heavy (non-hydrogen) atoms. The number of nitrogens with zero attached hydrogens (tertiary/aromatic N) is 2. The molecule has 0 bridgehead atoms. The molecule has 0 amide bonds. The highest BCUT2D eigenvalue weighted by Gasteiger charge is 2.17. The van der Waals surface area contributed by atoms with E-state index in [0.717, 1.165) is 15.9 Å². The van der Waals surface area contributed by atoms with Crippen LogP contribution in [0.3, 0.4) is 0 Å². The Bertz CT molecular complexity index is 974. The highest BCUT2D eigenvalue weighted by molar-refractivity contribution is 7.98. The lowest BCUT2D eigenvalue weighted by Crippen LogP contribution is -2.12. The van der Waals surface area contributed by atoms with Crippen molar-refractivity contribution >= 4 is 40.4 Å². The van der Waals surface area contributed by atoms with Crippen LogP contribution in [0, 0.1) is 0 Å². The maximum Gasteiger partial charge on any atom is 0.342 e. The third kappa shape index (κ3) is 4.21. The molecule has 0 radical (unpaired) electrons. The van der Waals surface area contributed by atoms with E-state index in [1.54, 1.807) is 46.7 Å². The SMILES string of the molecule is COc1cc(SC)ccc1C(=O)OCc1nc2ccc(Cl)cc2n1CCO. The normalized spacial score (nSPS) is 11.0. The molecule has 3 aromatic rings. The van der Waals surface area contributed by atoms with Gasteiger partial charge < -0.3 is 19.1 Å². The summed E-state index contributed by atoms with van der Waals surface area (Å²) < 4.78 is 12.5. The lowest BCUT2D eigenvalue weighted by atomic mass is 10.2. The number of aliphatic hydroxyl groups is 1. The van der Waals surface area contributed by atoms with Gasteiger partial charge in [-0.25, -0.2) is 9.78 Å². The minimum Gasteiger partial charge on any atom is -0.496 e. The number of esters is 1. The largest absolute Gasteiger partial charge is 0.496 e. The van der Waals surface area contributed by atoms with Crippen LogP contribution in [0.4, 0.5) is 0 Å². The molecule has 6 nitrogen and oxygen atoms in total. The molecule has 0 aliphatic heterocycles. The number of benzene rings is 2. The van der Waals surface area contributed by atoms with Crippen LogP contribution in [-0.4, -0.2) is 40.6 Å². The molecule has 1 N–H and O–H groups in total. The third-order valence-corrected chi connectivity index (χ3v) is 5.03. The average Bonchev–Trinajstić information content (AvgIpc) is 3.02. The Balaban J connectivity index is 1.84. The Morgan fingerprint density at radius 3 is 2.81 bits per heavy atom. The zero-order valence-corrected chi connectivity index (χ0v) is 16.5. The number of methoxy groups -OCH3 is 1. The summed E-state index contributed by atoms with van der Waals surface area (Å²) in [7, 11) is 1.51. The molecule has 0 saturated carbocycles. The van der Waals surface area contributed by atoms with Gasteiger partial charge in [0.25, 0.3) is 0 Å². The van der Waals surface area contributed by atoms with Crippen LogP contribution in [0.15, 0.2) is 41.3 Å². The van der Waals surface area contributed by atoms with E-state index < -0.39 is 5.97 Å². The number of ether oxygens (including phenoxy) is 2. The topological polar surface area (TPSA) is 73.6 Å². The second-order valence-corrected chi connectivity index (χ2v) is 6.99. The van der Waals surface area contributed by atoms with Crippen molar-refractivity contribution in [1.82, 2.24) is 9.55 Å². The van der Waals surface area contributed by atoms with Gasteiger partial charge in [0.1, 0.15) is 23.7 Å². The Morgan fingerprint density at radius 2 is 2.11 bits per heavy atom. The fourth-order valence-corrected chi connectivity index (χ4v) is 3.38. The van der Waals surface area contributed by atoms with E-state index in [0.29, 0.717) is 28.7 Å². The van der Waals surface area contributed by atoms with Crippen molar-refractivity contribution in [3.8, 4) is 5.75 Å². The van der Waals surface area contributed by atoms with Crippen molar-refractivity contribution in [2.24, 2.45) is 0 Å². The number of hydrogen-bond acceptors (Lipinski definition) is 6.